The average Bonchev–Trinajstić information content (AvgIpc) is 2.79. The fourth-order valence-corrected chi connectivity index (χ4v) is 3.29. The van der Waals surface area contributed by atoms with E-state index in [1.807, 2.05) is 47.8 Å². The summed E-state index contributed by atoms with van der Waals surface area (Å²) in [5.74, 6) is -3.99. The van der Waals surface area contributed by atoms with Gasteiger partial charge in [-0.3, -0.25) is 19.2 Å². The van der Waals surface area contributed by atoms with Crippen molar-refractivity contribution < 1.29 is 29.1 Å². The summed E-state index contributed by atoms with van der Waals surface area (Å²) < 4.78 is 0. The molecular formula is C23H28N4O6. The number of benzene rings is 2. The van der Waals surface area contributed by atoms with Crippen molar-refractivity contribution in [1.29, 1.82) is 0 Å². The van der Waals surface area contributed by atoms with Gasteiger partial charge in [0.05, 0.1) is 6.54 Å². The molecule has 33 heavy (non-hydrogen) atoms. The van der Waals surface area contributed by atoms with Crippen molar-refractivity contribution in [3.63, 3.8) is 0 Å². The Labute approximate surface area is 190 Å². The minimum Gasteiger partial charge on any atom is -0.465 e. The van der Waals surface area contributed by atoms with E-state index in [-0.39, 0.29) is 6.42 Å². The van der Waals surface area contributed by atoms with Crippen LogP contribution in [0.2, 0.25) is 0 Å². The van der Waals surface area contributed by atoms with Crippen LogP contribution in [0, 0.1) is 5.92 Å². The smallest absolute Gasteiger partial charge is 0.405 e. The molecule has 0 saturated carbocycles. The summed E-state index contributed by atoms with van der Waals surface area (Å²) in [5.41, 5.74) is 6.21. The number of rotatable bonds is 11. The number of Topliss-reactive ketones (excluding diaryl/α,β-unsaturated/α-hetero) is 1. The molecule has 0 fully saturated rings. The number of carboxylic acid groups (broad SMARTS) is 1. The van der Waals surface area contributed by atoms with Gasteiger partial charge < -0.3 is 26.8 Å². The van der Waals surface area contributed by atoms with Gasteiger partial charge >= 0.3 is 6.09 Å². The Morgan fingerprint density at radius 1 is 1.00 bits per heavy atom. The Balaban J connectivity index is 1.97. The molecular weight excluding hydrogens is 428 g/mol. The quantitative estimate of drug-likeness (QED) is 0.312. The highest BCUT2D eigenvalue weighted by Crippen LogP contribution is 2.16. The number of nitrogens with one attached hydrogen (secondary N) is 3. The van der Waals surface area contributed by atoms with Gasteiger partial charge in [0.2, 0.25) is 17.6 Å². The van der Waals surface area contributed by atoms with E-state index in [0.717, 1.165) is 16.3 Å². The van der Waals surface area contributed by atoms with Gasteiger partial charge in [0.1, 0.15) is 12.1 Å². The van der Waals surface area contributed by atoms with Crippen LogP contribution in [0.4, 0.5) is 4.79 Å². The highest BCUT2D eigenvalue weighted by atomic mass is 16.4. The fraction of sp³-hybridized carbons (Fsp3) is 0.348. The molecule has 0 aliphatic heterocycles. The van der Waals surface area contributed by atoms with Crippen molar-refractivity contribution in [2.24, 2.45) is 11.7 Å². The van der Waals surface area contributed by atoms with Crippen LogP contribution in [-0.2, 0) is 25.6 Å². The maximum Gasteiger partial charge on any atom is 0.405 e. The number of hydrogen-bond acceptors (Lipinski definition) is 5. The van der Waals surface area contributed by atoms with Crippen molar-refractivity contribution in [2.45, 2.75) is 38.8 Å². The molecule has 4 amide bonds. The molecule has 10 heteroatoms. The normalized spacial score (nSPS) is 13.4. The maximum absolute atomic E-state index is 12.3. The van der Waals surface area contributed by atoms with Gasteiger partial charge in [-0.15, -0.1) is 0 Å². The average molecular weight is 456 g/mol. The summed E-state index contributed by atoms with van der Waals surface area (Å²) in [7, 11) is 0. The minimum absolute atomic E-state index is 0.150. The van der Waals surface area contributed by atoms with Crippen LogP contribution in [0.1, 0.15) is 25.8 Å². The Bertz CT molecular complexity index is 1050. The second-order valence-electron chi connectivity index (χ2n) is 7.77. The number of amides is 4. The van der Waals surface area contributed by atoms with Crippen LogP contribution < -0.4 is 21.7 Å². The van der Waals surface area contributed by atoms with Crippen molar-refractivity contribution in [2.75, 3.05) is 6.54 Å². The predicted octanol–water partition coefficient (Wildman–Crippen LogP) is 0.720. The molecule has 0 heterocycles. The number of nitrogens with two attached hydrogens (primary N) is 1. The fourth-order valence-electron chi connectivity index (χ4n) is 3.29. The van der Waals surface area contributed by atoms with E-state index in [2.05, 4.69) is 10.6 Å². The molecule has 2 rings (SSSR count). The Morgan fingerprint density at radius 3 is 2.27 bits per heavy atom. The largest absolute Gasteiger partial charge is 0.465 e. The Morgan fingerprint density at radius 2 is 1.67 bits per heavy atom. The molecule has 3 atom stereocenters. The zero-order valence-corrected chi connectivity index (χ0v) is 18.5. The van der Waals surface area contributed by atoms with Gasteiger partial charge in [0, 0.05) is 6.42 Å². The SMILES string of the molecule is CC[C@H](C)C(NC(=O)O)C(=O)C(=O)NCC(=O)NC(Cc1ccc2ccccc2c1)C(N)=O. The molecule has 6 N–H and O–H groups in total. The highest BCUT2D eigenvalue weighted by Gasteiger charge is 2.31. The lowest BCUT2D eigenvalue weighted by molar-refractivity contribution is -0.140. The van der Waals surface area contributed by atoms with E-state index >= 15 is 0 Å². The van der Waals surface area contributed by atoms with Gasteiger partial charge in [-0.2, -0.15) is 0 Å². The monoisotopic (exact) mass is 456 g/mol. The van der Waals surface area contributed by atoms with Gasteiger partial charge in [-0.1, -0.05) is 62.7 Å². The van der Waals surface area contributed by atoms with Gasteiger partial charge in [0.25, 0.3) is 5.91 Å². The third kappa shape index (κ3) is 7.30. The highest BCUT2D eigenvalue weighted by molar-refractivity contribution is 6.38. The lowest BCUT2D eigenvalue weighted by Gasteiger charge is -2.21. The first kappa shape index (κ1) is 25.3. The third-order valence-corrected chi connectivity index (χ3v) is 5.34. The van der Waals surface area contributed by atoms with Crippen LogP contribution in [0.3, 0.4) is 0 Å². The standard InChI is InChI=1S/C23H28N4O6/c1-3-13(2)19(27-23(32)33)20(29)22(31)25-12-18(28)26-17(21(24)30)11-14-8-9-15-6-4-5-7-16(15)10-14/h4-10,13,17,19,27H,3,11-12H2,1-2H3,(H2,24,30)(H,25,31)(H,26,28)(H,32,33)/t13-,17?,19?/m0/s1. The molecule has 0 radical (unpaired) electrons. The molecule has 0 aromatic heterocycles. The summed E-state index contributed by atoms with van der Waals surface area (Å²) in [6.07, 6.45) is -0.825. The summed E-state index contributed by atoms with van der Waals surface area (Å²) in [5, 5.41) is 17.6. The number of ketones is 1. The molecule has 0 saturated heterocycles. The molecule has 2 aromatic rings. The molecule has 0 aliphatic rings. The maximum atomic E-state index is 12.3. The summed E-state index contributed by atoms with van der Waals surface area (Å²) in [4.78, 5) is 59.5. The molecule has 176 valence electrons. The van der Waals surface area contributed by atoms with Crippen molar-refractivity contribution >= 4 is 40.4 Å². The van der Waals surface area contributed by atoms with Crippen LogP contribution in [-0.4, -0.2) is 53.3 Å². The lowest BCUT2D eigenvalue weighted by atomic mass is 9.95. The van der Waals surface area contributed by atoms with E-state index in [4.69, 9.17) is 10.8 Å². The van der Waals surface area contributed by atoms with Crippen LogP contribution in [0.5, 0.6) is 0 Å². The third-order valence-electron chi connectivity index (χ3n) is 5.34. The second kappa shape index (κ2) is 11.6. The summed E-state index contributed by atoms with van der Waals surface area (Å²) in [6, 6.07) is 11.0. The van der Waals surface area contributed by atoms with Gasteiger partial charge in [0.15, 0.2) is 0 Å². The first-order chi connectivity index (χ1) is 15.6. The van der Waals surface area contributed by atoms with Gasteiger partial charge in [-0.25, -0.2) is 4.79 Å². The molecule has 2 aromatic carbocycles. The molecule has 0 aliphatic carbocycles. The van der Waals surface area contributed by atoms with Crippen molar-refractivity contribution in [1.82, 2.24) is 16.0 Å². The zero-order chi connectivity index (χ0) is 24.5. The molecule has 10 nitrogen and oxygen atoms in total. The van der Waals surface area contributed by atoms with Crippen LogP contribution in [0.25, 0.3) is 10.8 Å². The topological polar surface area (TPSA) is 168 Å². The molecule has 2 unspecified atom stereocenters. The molecule has 0 spiro atoms. The lowest BCUT2D eigenvalue weighted by Crippen LogP contribution is -2.53. The first-order valence-corrected chi connectivity index (χ1v) is 10.5. The van der Waals surface area contributed by atoms with Crippen LogP contribution >= 0.6 is 0 Å². The number of primary amides is 1. The number of carbonyl (C=O) groups excluding carboxylic acids is 4. The summed E-state index contributed by atoms with van der Waals surface area (Å²) in [6.45, 7) is 2.80. The van der Waals surface area contributed by atoms with E-state index < -0.39 is 54.1 Å². The second-order valence-corrected chi connectivity index (χ2v) is 7.77. The Hall–Kier alpha value is -3.95. The number of fused-ring (bicyclic) bond motifs is 1. The van der Waals surface area contributed by atoms with Crippen molar-refractivity contribution in [3.8, 4) is 0 Å². The molecule has 0 bridgehead atoms. The van der Waals surface area contributed by atoms with Crippen molar-refractivity contribution in [3.05, 3.63) is 48.0 Å². The Kier molecular flexibility index (Phi) is 8.90. The summed E-state index contributed by atoms with van der Waals surface area (Å²) >= 11 is 0. The van der Waals surface area contributed by atoms with E-state index in [9.17, 15) is 24.0 Å². The minimum atomic E-state index is -1.43. The van der Waals surface area contributed by atoms with E-state index in [1.165, 1.54) is 0 Å². The predicted molar refractivity (Wildman–Crippen MR) is 121 cm³/mol. The van der Waals surface area contributed by atoms with E-state index in [0.29, 0.717) is 6.42 Å². The zero-order valence-electron chi connectivity index (χ0n) is 18.5. The number of carbonyl (C=O) groups is 5. The first-order valence-electron chi connectivity index (χ1n) is 10.5. The van der Waals surface area contributed by atoms with E-state index in [1.54, 1.807) is 13.8 Å². The van der Waals surface area contributed by atoms with Crippen LogP contribution in [0.15, 0.2) is 42.5 Å². The number of hydrogen-bond donors (Lipinski definition) is 5. The van der Waals surface area contributed by atoms with Gasteiger partial charge in [-0.05, 0) is 22.3 Å².